The second-order valence-corrected chi connectivity index (χ2v) is 2.78. The largest absolute Gasteiger partial charge is 0.314 e. The van der Waals surface area contributed by atoms with Crippen LogP contribution in [0.25, 0.3) is 0 Å². The number of rotatable bonds is 0. The summed E-state index contributed by atoms with van der Waals surface area (Å²) in [5, 5.41) is 15.6. The molecular weight excluding hydrogens is 154 g/mol. The molecule has 0 bridgehead atoms. The van der Waals surface area contributed by atoms with E-state index >= 15 is 0 Å². The Morgan fingerprint density at radius 2 is 0.750 bits per heavy atom. The summed E-state index contributed by atoms with van der Waals surface area (Å²) in [6, 6.07) is 0. The van der Waals surface area contributed by atoms with E-state index in [0.717, 1.165) is 46.2 Å². The Kier molecular flexibility index (Phi) is 6.14. The average molecular weight is 173 g/mol. The molecule has 0 unspecified atom stereocenters. The van der Waals surface area contributed by atoms with Gasteiger partial charge in [0.25, 0.3) is 0 Å². The lowest BCUT2D eigenvalue weighted by molar-refractivity contribution is 0.443. The van der Waals surface area contributed by atoms with E-state index < -0.39 is 0 Å². The molecule has 5 N–H and O–H groups in total. The van der Waals surface area contributed by atoms with Crippen LogP contribution in [-0.2, 0) is 0 Å². The van der Waals surface area contributed by atoms with Gasteiger partial charge in [-0.3, -0.25) is 16.0 Å². The van der Waals surface area contributed by atoms with Gasteiger partial charge in [-0.2, -0.15) is 0 Å². The van der Waals surface area contributed by atoms with Crippen molar-refractivity contribution in [2.24, 2.45) is 0 Å². The third-order valence-electron chi connectivity index (χ3n) is 1.71. The summed E-state index contributed by atoms with van der Waals surface area (Å²) in [7, 11) is 0. The zero-order valence-corrected chi connectivity index (χ0v) is 7.45. The predicted molar refractivity (Wildman–Crippen MR) is 49.7 cm³/mol. The van der Waals surface area contributed by atoms with Crippen LogP contribution in [0.2, 0.25) is 0 Å². The molecule has 0 atom stereocenters. The van der Waals surface area contributed by atoms with E-state index in [1.54, 1.807) is 0 Å². The van der Waals surface area contributed by atoms with E-state index in [-0.39, 0.29) is 0 Å². The maximum atomic E-state index is 3.22. The second-order valence-electron chi connectivity index (χ2n) is 2.78. The first-order valence-corrected chi connectivity index (χ1v) is 4.54. The van der Waals surface area contributed by atoms with Gasteiger partial charge < -0.3 is 10.6 Å². The minimum absolute atomic E-state index is 0.938. The summed E-state index contributed by atoms with van der Waals surface area (Å²) in [5.41, 5.74) is 0. The van der Waals surface area contributed by atoms with Crippen molar-refractivity contribution in [2.45, 2.75) is 0 Å². The van der Waals surface area contributed by atoms with E-state index in [9.17, 15) is 0 Å². The summed E-state index contributed by atoms with van der Waals surface area (Å²) in [6.45, 7) is 7.37. The molecule has 0 aromatic carbocycles. The van der Waals surface area contributed by atoms with Crippen molar-refractivity contribution in [3.05, 3.63) is 0 Å². The van der Waals surface area contributed by atoms with Crippen molar-refractivity contribution >= 4 is 0 Å². The van der Waals surface area contributed by atoms with Crippen LogP contribution in [-0.4, -0.2) is 46.2 Å². The standard InChI is InChI=1S/C4H10N2.C3H9N3/c1-2-6-4-3-5-1;1-4-2-6-3-5-1/h5-6H,1-4H2;4-6H,1-3H2. The highest BCUT2D eigenvalue weighted by Crippen LogP contribution is 1.65. The molecule has 2 fully saturated rings. The molecule has 12 heavy (non-hydrogen) atoms. The monoisotopic (exact) mass is 173 g/mol. The second kappa shape index (κ2) is 7.45. The molecule has 72 valence electrons. The van der Waals surface area contributed by atoms with Gasteiger partial charge in [-0.25, -0.2) is 0 Å². The fourth-order valence-electron chi connectivity index (χ4n) is 1.06. The lowest BCUT2D eigenvalue weighted by Gasteiger charge is -2.13. The Hall–Kier alpha value is -0.200. The smallest absolute Gasteiger partial charge is 0.0474 e. The van der Waals surface area contributed by atoms with E-state index in [0.29, 0.717) is 0 Å². The molecule has 0 saturated carbocycles. The van der Waals surface area contributed by atoms with Gasteiger partial charge >= 0.3 is 0 Å². The first-order valence-electron chi connectivity index (χ1n) is 4.54. The Balaban J connectivity index is 0.000000120. The molecular formula is C7H19N5. The molecule has 0 aliphatic carbocycles. The van der Waals surface area contributed by atoms with Crippen LogP contribution < -0.4 is 26.6 Å². The minimum Gasteiger partial charge on any atom is -0.314 e. The summed E-state index contributed by atoms with van der Waals surface area (Å²) < 4.78 is 0. The third kappa shape index (κ3) is 5.45. The Labute approximate surface area is 73.7 Å². The SMILES string of the molecule is C1CNCCN1.C1NCNCN1. The summed E-state index contributed by atoms with van der Waals surface area (Å²) in [5.74, 6) is 0. The molecule has 0 aromatic rings. The number of hydrogen-bond acceptors (Lipinski definition) is 5. The Bertz CT molecular complexity index is 54.8. The molecule has 2 saturated heterocycles. The molecule has 0 aromatic heterocycles. The summed E-state index contributed by atoms with van der Waals surface area (Å²) in [4.78, 5) is 0. The number of nitrogens with one attached hydrogen (secondary N) is 5. The van der Waals surface area contributed by atoms with Crippen molar-refractivity contribution in [3.8, 4) is 0 Å². The van der Waals surface area contributed by atoms with Crippen LogP contribution in [0.1, 0.15) is 0 Å². The summed E-state index contributed by atoms with van der Waals surface area (Å²) >= 11 is 0. The highest BCUT2D eigenvalue weighted by atomic mass is 15.2. The quantitative estimate of drug-likeness (QED) is 0.288. The number of hydrogen-bond donors (Lipinski definition) is 5. The van der Waals surface area contributed by atoms with Crippen LogP contribution in [0, 0.1) is 0 Å². The molecule has 5 nitrogen and oxygen atoms in total. The first-order chi connectivity index (χ1) is 6.00. The topological polar surface area (TPSA) is 60.1 Å². The minimum atomic E-state index is 0.938. The van der Waals surface area contributed by atoms with Gasteiger partial charge in [-0.1, -0.05) is 0 Å². The van der Waals surface area contributed by atoms with Gasteiger partial charge in [0.05, 0.1) is 0 Å². The maximum Gasteiger partial charge on any atom is 0.0474 e. The first kappa shape index (κ1) is 9.88. The van der Waals surface area contributed by atoms with Gasteiger partial charge in [-0.05, 0) is 0 Å². The predicted octanol–water partition coefficient (Wildman–Crippen LogP) is -2.18. The highest BCUT2D eigenvalue weighted by molar-refractivity contribution is 4.59. The van der Waals surface area contributed by atoms with E-state index in [1.807, 2.05) is 0 Å². The molecule has 0 amide bonds. The Morgan fingerprint density at radius 1 is 0.417 bits per heavy atom. The van der Waals surface area contributed by atoms with Gasteiger partial charge in [0.15, 0.2) is 0 Å². The van der Waals surface area contributed by atoms with Gasteiger partial charge in [0.1, 0.15) is 0 Å². The van der Waals surface area contributed by atoms with Gasteiger partial charge in [0.2, 0.25) is 0 Å². The fraction of sp³-hybridized carbons (Fsp3) is 1.00. The highest BCUT2D eigenvalue weighted by Gasteiger charge is 1.91. The van der Waals surface area contributed by atoms with Crippen LogP contribution in [0.4, 0.5) is 0 Å². The Morgan fingerprint density at radius 3 is 0.917 bits per heavy atom. The normalized spacial score (nSPS) is 24.0. The zero-order valence-electron chi connectivity index (χ0n) is 7.45. The van der Waals surface area contributed by atoms with Crippen LogP contribution in [0.5, 0.6) is 0 Å². The molecule has 0 spiro atoms. The van der Waals surface area contributed by atoms with Crippen molar-refractivity contribution in [1.82, 2.24) is 26.6 Å². The molecule has 2 heterocycles. The van der Waals surface area contributed by atoms with Crippen molar-refractivity contribution < 1.29 is 0 Å². The van der Waals surface area contributed by atoms with Crippen LogP contribution in [0.15, 0.2) is 0 Å². The van der Waals surface area contributed by atoms with E-state index in [2.05, 4.69) is 26.6 Å². The van der Waals surface area contributed by atoms with Crippen molar-refractivity contribution in [3.63, 3.8) is 0 Å². The van der Waals surface area contributed by atoms with Gasteiger partial charge in [0, 0.05) is 46.2 Å². The lowest BCUT2D eigenvalue weighted by Crippen LogP contribution is -2.47. The summed E-state index contributed by atoms with van der Waals surface area (Å²) in [6.07, 6.45) is 0. The molecule has 2 aliphatic rings. The van der Waals surface area contributed by atoms with Crippen molar-refractivity contribution in [2.75, 3.05) is 46.2 Å². The van der Waals surface area contributed by atoms with Gasteiger partial charge in [-0.15, -0.1) is 0 Å². The molecule has 5 heteroatoms. The number of piperazine rings is 1. The van der Waals surface area contributed by atoms with E-state index in [4.69, 9.17) is 0 Å². The van der Waals surface area contributed by atoms with E-state index in [1.165, 1.54) is 0 Å². The molecule has 2 aliphatic heterocycles. The molecule has 0 radical (unpaired) electrons. The van der Waals surface area contributed by atoms with Crippen molar-refractivity contribution in [1.29, 1.82) is 0 Å². The third-order valence-corrected chi connectivity index (χ3v) is 1.71. The maximum absolute atomic E-state index is 3.22. The average Bonchev–Trinajstić information content (AvgIpc) is 2.24. The zero-order chi connectivity index (χ0) is 8.49. The molecule has 2 rings (SSSR count). The van der Waals surface area contributed by atoms with Crippen LogP contribution in [0.3, 0.4) is 0 Å². The fourth-order valence-corrected chi connectivity index (χ4v) is 1.06. The lowest BCUT2D eigenvalue weighted by atomic mass is 10.4. The van der Waals surface area contributed by atoms with Crippen LogP contribution >= 0.6 is 0 Å².